The molecule has 2 aliphatic carbocycles. The van der Waals surface area contributed by atoms with Crippen LogP contribution in [0.25, 0.3) is 0 Å². The van der Waals surface area contributed by atoms with Crippen LogP contribution in [0, 0.1) is 0 Å². The Bertz CT molecular complexity index is 352. The molecule has 0 spiro atoms. The molecule has 0 radical (unpaired) electrons. The van der Waals surface area contributed by atoms with Gasteiger partial charge in [0, 0.05) is 5.25 Å². The number of tetrazole rings is 1. The van der Waals surface area contributed by atoms with Gasteiger partial charge in [-0.25, -0.2) is 4.68 Å². The molecule has 15 heavy (non-hydrogen) atoms. The zero-order valence-corrected chi connectivity index (χ0v) is 9.23. The second-order valence-electron chi connectivity index (χ2n) is 4.29. The lowest BCUT2D eigenvalue weighted by Crippen LogP contribution is -2.16. The van der Waals surface area contributed by atoms with Gasteiger partial charge in [0.25, 0.3) is 0 Å². The molecule has 1 heterocycles. The van der Waals surface area contributed by atoms with E-state index >= 15 is 0 Å². The zero-order valence-electron chi connectivity index (χ0n) is 8.41. The monoisotopic (exact) mass is 226 g/mol. The summed E-state index contributed by atoms with van der Waals surface area (Å²) >= 11 is 1.64. The molecular formula is C9H14N4OS. The van der Waals surface area contributed by atoms with Gasteiger partial charge in [-0.1, -0.05) is 11.8 Å². The maximum Gasteiger partial charge on any atom is 0.209 e. The first-order chi connectivity index (χ1) is 7.34. The van der Waals surface area contributed by atoms with Gasteiger partial charge in [0.15, 0.2) is 0 Å². The summed E-state index contributed by atoms with van der Waals surface area (Å²) in [5.74, 6) is 0. The molecule has 82 valence electrons. The maximum absolute atomic E-state index is 9.73. The first-order valence-corrected chi connectivity index (χ1v) is 6.35. The molecule has 1 N–H and O–H groups in total. The van der Waals surface area contributed by atoms with Crippen LogP contribution in [-0.4, -0.2) is 36.7 Å². The Morgan fingerprint density at radius 2 is 2.13 bits per heavy atom. The Morgan fingerprint density at radius 1 is 1.27 bits per heavy atom. The van der Waals surface area contributed by atoms with Gasteiger partial charge >= 0.3 is 0 Å². The number of aliphatic hydroxyl groups excluding tert-OH is 1. The van der Waals surface area contributed by atoms with Crippen LogP contribution in [0.4, 0.5) is 0 Å². The molecule has 0 unspecified atom stereocenters. The van der Waals surface area contributed by atoms with Crippen molar-refractivity contribution in [3.63, 3.8) is 0 Å². The van der Waals surface area contributed by atoms with Crippen LogP contribution in [0.1, 0.15) is 38.1 Å². The largest absolute Gasteiger partial charge is 0.392 e. The third-order valence-electron chi connectivity index (χ3n) is 3.03. The van der Waals surface area contributed by atoms with E-state index in [0.29, 0.717) is 6.04 Å². The van der Waals surface area contributed by atoms with Gasteiger partial charge in [0.05, 0.1) is 12.1 Å². The summed E-state index contributed by atoms with van der Waals surface area (Å²) in [6.45, 7) is 0. The molecule has 6 heteroatoms. The highest BCUT2D eigenvalue weighted by atomic mass is 32.2. The lowest BCUT2D eigenvalue weighted by atomic mass is 10.3. The predicted molar refractivity (Wildman–Crippen MR) is 55.6 cm³/mol. The summed E-state index contributed by atoms with van der Waals surface area (Å²) in [4.78, 5) is 0. The average molecular weight is 226 g/mol. The van der Waals surface area contributed by atoms with Crippen LogP contribution < -0.4 is 0 Å². The highest BCUT2D eigenvalue weighted by Crippen LogP contribution is 2.39. The number of hydrogen-bond acceptors (Lipinski definition) is 5. The van der Waals surface area contributed by atoms with Gasteiger partial charge < -0.3 is 5.11 Å². The van der Waals surface area contributed by atoms with Crippen LogP contribution in [0.2, 0.25) is 0 Å². The number of aromatic nitrogens is 4. The third-order valence-corrected chi connectivity index (χ3v) is 4.36. The minimum absolute atomic E-state index is 0.181. The standard InChI is InChI=1S/C9H14N4OS/c14-7-2-1-3-8(7)15-9-10-11-12-13(9)6-4-5-6/h6-8,14H,1-5H2/t7-,8-/m0/s1. The van der Waals surface area contributed by atoms with Crippen LogP contribution in [0.5, 0.6) is 0 Å². The number of rotatable bonds is 3. The maximum atomic E-state index is 9.73. The fraction of sp³-hybridized carbons (Fsp3) is 0.889. The molecule has 5 nitrogen and oxygen atoms in total. The Kier molecular flexibility index (Phi) is 2.40. The molecular weight excluding hydrogens is 212 g/mol. The molecule has 0 bridgehead atoms. The van der Waals surface area contributed by atoms with Crippen molar-refractivity contribution in [3.8, 4) is 0 Å². The molecule has 0 aliphatic heterocycles. The van der Waals surface area contributed by atoms with Crippen molar-refractivity contribution in [2.24, 2.45) is 0 Å². The van der Waals surface area contributed by atoms with E-state index in [1.165, 1.54) is 12.8 Å². The molecule has 1 aromatic heterocycles. The van der Waals surface area contributed by atoms with E-state index in [1.807, 2.05) is 4.68 Å². The van der Waals surface area contributed by atoms with Crippen LogP contribution in [0.3, 0.4) is 0 Å². The van der Waals surface area contributed by atoms with Crippen molar-refractivity contribution >= 4 is 11.8 Å². The van der Waals surface area contributed by atoms with Crippen LogP contribution in [0.15, 0.2) is 5.16 Å². The Morgan fingerprint density at radius 3 is 2.80 bits per heavy atom. The van der Waals surface area contributed by atoms with E-state index in [0.717, 1.165) is 24.4 Å². The van der Waals surface area contributed by atoms with Gasteiger partial charge in [0.1, 0.15) is 0 Å². The minimum Gasteiger partial charge on any atom is -0.392 e. The Hall–Kier alpha value is -0.620. The molecule has 0 aromatic carbocycles. The first-order valence-electron chi connectivity index (χ1n) is 5.47. The quantitative estimate of drug-likeness (QED) is 0.833. The number of aliphatic hydroxyl groups is 1. The summed E-state index contributed by atoms with van der Waals surface area (Å²) in [6.07, 6.45) is 5.30. The van der Waals surface area contributed by atoms with Crippen molar-refractivity contribution in [3.05, 3.63) is 0 Å². The Balaban J connectivity index is 1.72. The molecule has 0 saturated heterocycles. The molecule has 2 atom stereocenters. The molecule has 2 aliphatic rings. The molecule has 0 amide bonds. The van der Waals surface area contributed by atoms with Crippen molar-refractivity contribution in [1.29, 1.82) is 0 Å². The summed E-state index contributed by atoms with van der Waals surface area (Å²) in [7, 11) is 0. The lowest BCUT2D eigenvalue weighted by molar-refractivity contribution is 0.188. The van der Waals surface area contributed by atoms with E-state index in [4.69, 9.17) is 0 Å². The molecule has 1 aromatic rings. The number of nitrogens with zero attached hydrogens (tertiary/aromatic N) is 4. The van der Waals surface area contributed by atoms with Crippen molar-refractivity contribution in [2.75, 3.05) is 0 Å². The smallest absolute Gasteiger partial charge is 0.209 e. The summed E-state index contributed by atoms with van der Waals surface area (Å²) in [6, 6.07) is 0.515. The topological polar surface area (TPSA) is 63.8 Å². The molecule has 2 saturated carbocycles. The SMILES string of the molecule is O[C@H]1CCC[C@@H]1Sc1nnnn1C1CC1. The van der Waals surface area contributed by atoms with Gasteiger partial charge in [-0.3, -0.25) is 0 Å². The fourth-order valence-electron chi connectivity index (χ4n) is 1.99. The third kappa shape index (κ3) is 1.88. The summed E-state index contributed by atoms with van der Waals surface area (Å²) < 4.78 is 1.91. The normalized spacial score (nSPS) is 31.0. The Labute approximate surface area is 92.2 Å². The second kappa shape index (κ2) is 3.75. The predicted octanol–water partition coefficient (Wildman–Crippen LogP) is 1.01. The first kappa shape index (κ1) is 9.59. The van der Waals surface area contributed by atoms with Crippen molar-refractivity contribution in [1.82, 2.24) is 20.2 Å². The zero-order chi connectivity index (χ0) is 10.3. The van der Waals surface area contributed by atoms with E-state index in [1.54, 1.807) is 11.8 Å². The van der Waals surface area contributed by atoms with E-state index in [2.05, 4.69) is 15.5 Å². The summed E-state index contributed by atoms with van der Waals surface area (Å²) in [5, 5.41) is 22.6. The fourth-order valence-corrected chi connectivity index (χ4v) is 3.22. The van der Waals surface area contributed by atoms with Gasteiger partial charge in [0.2, 0.25) is 5.16 Å². The average Bonchev–Trinajstić information content (AvgIpc) is 2.85. The highest BCUT2D eigenvalue weighted by Gasteiger charge is 2.32. The van der Waals surface area contributed by atoms with Gasteiger partial charge in [-0.05, 0) is 42.5 Å². The highest BCUT2D eigenvalue weighted by molar-refractivity contribution is 7.99. The van der Waals surface area contributed by atoms with Crippen LogP contribution >= 0.6 is 11.8 Å². The van der Waals surface area contributed by atoms with Crippen LogP contribution in [-0.2, 0) is 0 Å². The van der Waals surface area contributed by atoms with E-state index in [-0.39, 0.29) is 11.4 Å². The van der Waals surface area contributed by atoms with E-state index < -0.39 is 0 Å². The second-order valence-corrected chi connectivity index (χ2v) is 5.50. The summed E-state index contributed by atoms with van der Waals surface area (Å²) in [5.41, 5.74) is 0. The number of thioether (sulfide) groups is 1. The van der Waals surface area contributed by atoms with E-state index in [9.17, 15) is 5.11 Å². The molecule has 2 fully saturated rings. The van der Waals surface area contributed by atoms with Gasteiger partial charge in [-0.2, -0.15) is 0 Å². The van der Waals surface area contributed by atoms with Gasteiger partial charge in [-0.15, -0.1) is 5.10 Å². The van der Waals surface area contributed by atoms with Crippen molar-refractivity contribution < 1.29 is 5.11 Å². The minimum atomic E-state index is -0.181. The number of hydrogen-bond donors (Lipinski definition) is 1. The lowest BCUT2D eigenvalue weighted by Gasteiger charge is -2.12. The molecule has 3 rings (SSSR count). The van der Waals surface area contributed by atoms with Crippen molar-refractivity contribution in [2.45, 2.75) is 54.7 Å².